The van der Waals surface area contributed by atoms with E-state index in [0.29, 0.717) is 16.3 Å². The Kier molecular flexibility index (Phi) is 4.60. The van der Waals surface area contributed by atoms with Crippen molar-refractivity contribution in [2.75, 3.05) is 7.11 Å². The molecule has 0 aliphatic heterocycles. The zero-order chi connectivity index (χ0) is 14.7. The molecule has 1 saturated carbocycles. The summed E-state index contributed by atoms with van der Waals surface area (Å²) in [5, 5.41) is 3.04. The first kappa shape index (κ1) is 14.8. The van der Waals surface area contributed by atoms with Crippen molar-refractivity contribution in [1.29, 1.82) is 0 Å². The molecule has 1 aromatic rings. The Labute approximate surface area is 124 Å². The van der Waals surface area contributed by atoms with E-state index in [1.54, 1.807) is 7.11 Å². The molecule has 0 aromatic heterocycles. The molecule has 0 heterocycles. The topological polar surface area (TPSA) is 64.3 Å². The van der Waals surface area contributed by atoms with Crippen LogP contribution in [0.25, 0.3) is 0 Å². The number of nitrogens with one attached hydrogen (secondary N) is 1. The van der Waals surface area contributed by atoms with Gasteiger partial charge in [-0.2, -0.15) is 0 Å². The summed E-state index contributed by atoms with van der Waals surface area (Å²) < 4.78 is 5.25. The van der Waals surface area contributed by atoms with E-state index in [2.05, 4.69) is 5.32 Å². The summed E-state index contributed by atoms with van der Waals surface area (Å²) in [5.41, 5.74) is 7.32. The number of carbonyl (C=O) groups excluding carboxylic acids is 1. The fraction of sp³-hybridized carbons (Fsp3) is 0.467. The SMILES string of the molecule is COc1ccc(C)cc1C(=O)NC1CCCC1C(N)=S. The Morgan fingerprint density at radius 1 is 1.45 bits per heavy atom. The van der Waals surface area contributed by atoms with Crippen LogP contribution in [0.4, 0.5) is 0 Å². The molecule has 20 heavy (non-hydrogen) atoms. The molecule has 108 valence electrons. The summed E-state index contributed by atoms with van der Waals surface area (Å²) >= 11 is 5.07. The maximum atomic E-state index is 12.4. The standard InChI is InChI=1S/C15H20N2O2S/c1-9-6-7-13(19-2)11(8-9)15(18)17-12-5-3-4-10(12)14(16)20/h6-8,10,12H,3-5H2,1-2H3,(H2,16,20)(H,17,18). The van der Waals surface area contributed by atoms with Gasteiger partial charge < -0.3 is 15.8 Å². The number of carbonyl (C=O) groups is 1. The van der Waals surface area contributed by atoms with Gasteiger partial charge in [-0.1, -0.05) is 30.3 Å². The molecule has 1 amide bonds. The van der Waals surface area contributed by atoms with Gasteiger partial charge in [-0.3, -0.25) is 4.79 Å². The molecule has 3 N–H and O–H groups in total. The molecule has 1 fully saturated rings. The van der Waals surface area contributed by atoms with Crippen LogP contribution in [0.1, 0.15) is 35.2 Å². The number of aryl methyl sites for hydroxylation is 1. The van der Waals surface area contributed by atoms with Gasteiger partial charge in [0, 0.05) is 12.0 Å². The highest BCUT2D eigenvalue weighted by molar-refractivity contribution is 7.80. The van der Waals surface area contributed by atoms with Crippen molar-refractivity contribution in [2.24, 2.45) is 11.7 Å². The van der Waals surface area contributed by atoms with Crippen molar-refractivity contribution in [1.82, 2.24) is 5.32 Å². The summed E-state index contributed by atoms with van der Waals surface area (Å²) in [5.74, 6) is 0.557. The van der Waals surface area contributed by atoms with Crippen LogP contribution in [0.2, 0.25) is 0 Å². The molecular weight excluding hydrogens is 272 g/mol. The zero-order valence-electron chi connectivity index (χ0n) is 11.8. The highest BCUT2D eigenvalue weighted by Gasteiger charge is 2.31. The molecule has 2 unspecified atom stereocenters. The summed E-state index contributed by atoms with van der Waals surface area (Å²) in [6, 6.07) is 5.59. The van der Waals surface area contributed by atoms with Crippen LogP contribution < -0.4 is 15.8 Å². The number of benzene rings is 1. The lowest BCUT2D eigenvalue weighted by Crippen LogP contribution is -2.41. The van der Waals surface area contributed by atoms with Crippen molar-refractivity contribution in [3.63, 3.8) is 0 Å². The van der Waals surface area contributed by atoms with E-state index in [1.807, 2.05) is 25.1 Å². The smallest absolute Gasteiger partial charge is 0.255 e. The third-order valence-corrected chi connectivity index (χ3v) is 4.10. The van der Waals surface area contributed by atoms with E-state index in [0.717, 1.165) is 24.8 Å². The van der Waals surface area contributed by atoms with Gasteiger partial charge >= 0.3 is 0 Å². The van der Waals surface area contributed by atoms with Gasteiger partial charge in [0.25, 0.3) is 5.91 Å². The van der Waals surface area contributed by atoms with Crippen molar-refractivity contribution >= 4 is 23.1 Å². The zero-order valence-corrected chi connectivity index (χ0v) is 12.6. The Bertz CT molecular complexity index is 531. The third-order valence-electron chi connectivity index (χ3n) is 3.80. The van der Waals surface area contributed by atoms with Crippen molar-refractivity contribution in [3.8, 4) is 5.75 Å². The third kappa shape index (κ3) is 3.10. The molecule has 1 aromatic carbocycles. The molecule has 0 spiro atoms. The lowest BCUT2D eigenvalue weighted by atomic mass is 10.0. The van der Waals surface area contributed by atoms with E-state index in [-0.39, 0.29) is 17.9 Å². The highest BCUT2D eigenvalue weighted by atomic mass is 32.1. The first-order valence-electron chi connectivity index (χ1n) is 6.77. The Morgan fingerprint density at radius 3 is 2.85 bits per heavy atom. The summed E-state index contributed by atoms with van der Waals surface area (Å²) in [6.07, 6.45) is 2.91. The number of nitrogens with two attached hydrogens (primary N) is 1. The second-order valence-corrected chi connectivity index (χ2v) is 5.69. The van der Waals surface area contributed by atoms with Gasteiger partial charge in [0.2, 0.25) is 0 Å². The fourth-order valence-corrected chi connectivity index (χ4v) is 3.00. The lowest BCUT2D eigenvalue weighted by molar-refractivity contribution is 0.0930. The van der Waals surface area contributed by atoms with Crippen molar-refractivity contribution in [2.45, 2.75) is 32.2 Å². The summed E-state index contributed by atoms with van der Waals surface area (Å²) in [7, 11) is 1.56. The first-order chi connectivity index (χ1) is 9.52. The van der Waals surface area contributed by atoms with Crippen LogP contribution in [-0.2, 0) is 0 Å². The normalized spacial score (nSPS) is 21.5. The van der Waals surface area contributed by atoms with Gasteiger partial charge in [-0.05, 0) is 31.9 Å². The molecule has 0 saturated heterocycles. The van der Waals surface area contributed by atoms with E-state index in [1.165, 1.54) is 0 Å². The Hall–Kier alpha value is -1.62. The van der Waals surface area contributed by atoms with Crippen LogP contribution in [-0.4, -0.2) is 24.0 Å². The number of rotatable bonds is 4. The maximum absolute atomic E-state index is 12.4. The van der Waals surface area contributed by atoms with Crippen LogP contribution in [0.5, 0.6) is 5.75 Å². The highest BCUT2D eigenvalue weighted by Crippen LogP contribution is 2.27. The minimum Gasteiger partial charge on any atom is -0.496 e. The molecule has 4 nitrogen and oxygen atoms in total. The molecule has 5 heteroatoms. The Morgan fingerprint density at radius 2 is 2.20 bits per heavy atom. The largest absolute Gasteiger partial charge is 0.496 e. The summed E-state index contributed by atoms with van der Waals surface area (Å²) in [4.78, 5) is 12.9. The van der Waals surface area contributed by atoms with E-state index in [9.17, 15) is 4.79 Å². The van der Waals surface area contributed by atoms with Gasteiger partial charge in [0.05, 0.1) is 17.7 Å². The quantitative estimate of drug-likeness (QED) is 0.835. The number of thiocarbonyl (C=S) groups is 1. The number of ether oxygens (including phenoxy) is 1. The summed E-state index contributed by atoms with van der Waals surface area (Å²) in [6.45, 7) is 1.95. The van der Waals surface area contributed by atoms with Gasteiger partial charge in [0.15, 0.2) is 0 Å². The van der Waals surface area contributed by atoms with Crippen LogP contribution in [0.15, 0.2) is 18.2 Å². The average Bonchev–Trinajstić information content (AvgIpc) is 2.87. The maximum Gasteiger partial charge on any atom is 0.255 e. The Balaban J connectivity index is 2.16. The van der Waals surface area contributed by atoms with Gasteiger partial charge in [-0.25, -0.2) is 0 Å². The van der Waals surface area contributed by atoms with Crippen LogP contribution >= 0.6 is 12.2 Å². The molecular formula is C15H20N2O2S. The van der Waals surface area contributed by atoms with Crippen molar-refractivity contribution in [3.05, 3.63) is 29.3 Å². The molecule has 0 bridgehead atoms. The first-order valence-corrected chi connectivity index (χ1v) is 7.18. The number of amides is 1. The second-order valence-electron chi connectivity index (χ2n) is 5.22. The lowest BCUT2D eigenvalue weighted by Gasteiger charge is -2.20. The second kappa shape index (κ2) is 6.22. The van der Waals surface area contributed by atoms with E-state index in [4.69, 9.17) is 22.7 Å². The average molecular weight is 292 g/mol. The minimum absolute atomic E-state index is 0.0326. The van der Waals surface area contributed by atoms with Gasteiger partial charge in [-0.15, -0.1) is 0 Å². The molecule has 1 aliphatic carbocycles. The van der Waals surface area contributed by atoms with Crippen LogP contribution in [0, 0.1) is 12.8 Å². The predicted octanol–water partition coefficient (Wildman–Crippen LogP) is 2.19. The molecule has 1 aliphatic rings. The van der Waals surface area contributed by atoms with Gasteiger partial charge in [0.1, 0.15) is 5.75 Å². The minimum atomic E-state index is -0.126. The van der Waals surface area contributed by atoms with Crippen LogP contribution in [0.3, 0.4) is 0 Å². The van der Waals surface area contributed by atoms with E-state index < -0.39 is 0 Å². The predicted molar refractivity (Wildman–Crippen MR) is 83.1 cm³/mol. The van der Waals surface area contributed by atoms with E-state index >= 15 is 0 Å². The monoisotopic (exact) mass is 292 g/mol. The molecule has 2 atom stereocenters. The molecule has 2 rings (SSSR count). The fourth-order valence-electron chi connectivity index (χ4n) is 2.72. The number of hydrogen-bond acceptors (Lipinski definition) is 3. The van der Waals surface area contributed by atoms with Crippen molar-refractivity contribution < 1.29 is 9.53 Å². The number of hydrogen-bond donors (Lipinski definition) is 2. The molecule has 0 radical (unpaired) electrons. The number of methoxy groups -OCH3 is 1.